The monoisotopic (exact) mass is 545 g/mol. The predicted octanol–water partition coefficient (Wildman–Crippen LogP) is 3.50. The number of fused-ring (bicyclic) bond motifs is 1. The fraction of sp³-hybridized carbons (Fsp3) is 0.500. The van der Waals surface area contributed by atoms with Gasteiger partial charge < -0.3 is 19.7 Å². The van der Waals surface area contributed by atoms with Crippen molar-refractivity contribution in [2.24, 2.45) is 5.92 Å². The van der Waals surface area contributed by atoms with Crippen LogP contribution >= 0.6 is 0 Å². The van der Waals surface area contributed by atoms with Gasteiger partial charge in [0.25, 0.3) is 0 Å². The summed E-state index contributed by atoms with van der Waals surface area (Å²) in [5.41, 5.74) is 2.23. The number of carbonyl (C=O) groups excluding carboxylic acids is 2. The van der Waals surface area contributed by atoms with Gasteiger partial charge in [0.1, 0.15) is 25.8 Å². The van der Waals surface area contributed by atoms with Crippen LogP contribution in [-0.2, 0) is 26.2 Å². The van der Waals surface area contributed by atoms with Crippen LogP contribution in [0.1, 0.15) is 45.2 Å². The van der Waals surface area contributed by atoms with Crippen molar-refractivity contribution in [1.82, 2.24) is 10.2 Å². The Morgan fingerprint density at radius 3 is 2.26 bits per heavy atom. The summed E-state index contributed by atoms with van der Waals surface area (Å²) < 4.78 is 38.6. The van der Waals surface area contributed by atoms with E-state index in [0.29, 0.717) is 43.4 Å². The third-order valence-corrected chi connectivity index (χ3v) is 8.08. The Balaban J connectivity index is 1.96. The van der Waals surface area contributed by atoms with Crippen LogP contribution in [0.25, 0.3) is 0 Å². The van der Waals surface area contributed by atoms with E-state index >= 15 is 0 Å². The van der Waals surface area contributed by atoms with Crippen LogP contribution in [0.15, 0.2) is 42.5 Å². The van der Waals surface area contributed by atoms with Crippen LogP contribution in [0.2, 0.25) is 0 Å². The van der Waals surface area contributed by atoms with E-state index in [2.05, 4.69) is 5.32 Å². The quantitative estimate of drug-likeness (QED) is 0.438. The zero-order valence-corrected chi connectivity index (χ0v) is 23.7. The predicted molar refractivity (Wildman–Crippen MR) is 148 cm³/mol. The highest BCUT2D eigenvalue weighted by molar-refractivity contribution is 7.92. The van der Waals surface area contributed by atoms with Crippen molar-refractivity contribution in [2.75, 3.05) is 36.4 Å². The lowest BCUT2D eigenvalue weighted by atomic mass is 10.1. The second-order valence-electron chi connectivity index (χ2n) is 9.81. The van der Waals surface area contributed by atoms with Crippen LogP contribution in [0, 0.1) is 12.8 Å². The number of nitrogens with one attached hydrogen (secondary N) is 1. The van der Waals surface area contributed by atoms with Crippen molar-refractivity contribution in [3.05, 3.63) is 53.6 Å². The molecule has 0 saturated heterocycles. The summed E-state index contributed by atoms with van der Waals surface area (Å²) in [6.45, 7) is 10.3. The molecule has 10 heteroatoms. The Labute approximate surface area is 226 Å². The molecule has 1 aliphatic heterocycles. The molecule has 208 valence electrons. The lowest BCUT2D eigenvalue weighted by Crippen LogP contribution is -2.52. The Kier molecular flexibility index (Phi) is 10.0. The van der Waals surface area contributed by atoms with Crippen LogP contribution in [0.3, 0.4) is 0 Å². The highest BCUT2D eigenvalue weighted by atomic mass is 32.2. The lowest BCUT2D eigenvalue weighted by Gasteiger charge is -2.33. The van der Waals surface area contributed by atoms with Gasteiger partial charge in [0.2, 0.25) is 21.8 Å². The molecule has 2 aromatic carbocycles. The summed E-state index contributed by atoms with van der Waals surface area (Å²) in [6, 6.07) is 11.8. The summed E-state index contributed by atoms with van der Waals surface area (Å²) in [4.78, 5) is 28.5. The van der Waals surface area contributed by atoms with E-state index in [1.807, 2.05) is 52.0 Å². The molecule has 3 rings (SSSR count). The number of benzene rings is 2. The molecule has 1 heterocycles. The Bertz CT molecular complexity index is 1210. The second kappa shape index (κ2) is 13.0. The number of amides is 2. The summed E-state index contributed by atoms with van der Waals surface area (Å²) in [5, 5.41) is 2.93. The van der Waals surface area contributed by atoms with Crippen molar-refractivity contribution >= 4 is 27.5 Å². The molecule has 0 fully saturated rings. The molecule has 1 aliphatic rings. The normalized spacial score (nSPS) is 13.6. The van der Waals surface area contributed by atoms with Gasteiger partial charge in [0.05, 0.1) is 11.4 Å². The first kappa shape index (κ1) is 29.3. The van der Waals surface area contributed by atoms with Gasteiger partial charge in [-0.25, -0.2) is 8.42 Å². The molecule has 0 unspecified atom stereocenters. The molecule has 9 nitrogen and oxygen atoms in total. The van der Waals surface area contributed by atoms with E-state index in [0.717, 1.165) is 15.4 Å². The molecule has 0 aliphatic carbocycles. The molecule has 0 radical (unpaired) electrons. The number of hydrogen-bond donors (Lipinski definition) is 1. The van der Waals surface area contributed by atoms with Crippen LogP contribution in [0.4, 0.5) is 5.69 Å². The minimum atomic E-state index is -3.83. The van der Waals surface area contributed by atoms with Gasteiger partial charge in [-0.15, -0.1) is 0 Å². The Hall–Kier alpha value is -3.27. The van der Waals surface area contributed by atoms with Crippen molar-refractivity contribution in [3.8, 4) is 11.5 Å². The van der Waals surface area contributed by atoms with Crippen LogP contribution in [-0.4, -0.2) is 63.2 Å². The molecular weight excluding hydrogens is 506 g/mol. The molecule has 1 atom stereocenters. The first-order valence-electron chi connectivity index (χ1n) is 13.1. The SMILES string of the molecule is CC[C@@H](C(=O)NCC(C)C)N(Cc1ccc(C)cc1)C(=O)CN(c1ccc2c(c1)OCCO2)S(=O)(=O)CC. The number of sulfonamides is 1. The highest BCUT2D eigenvalue weighted by Crippen LogP contribution is 2.35. The van der Waals surface area contributed by atoms with Gasteiger partial charge in [-0.2, -0.15) is 0 Å². The van der Waals surface area contributed by atoms with Gasteiger partial charge in [-0.3, -0.25) is 13.9 Å². The van der Waals surface area contributed by atoms with Crippen molar-refractivity contribution in [3.63, 3.8) is 0 Å². The van der Waals surface area contributed by atoms with Gasteiger partial charge >= 0.3 is 0 Å². The maximum atomic E-state index is 13.9. The molecule has 38 heavy (non-hydrogen) atoms. The van der Waals surface area contributed by atoms with Crippen LogP contribution < -0.4 is 19.1 Å². The van der Waals surface area contributed by atoms with Gasteiger partial charge in [-0.05, 0) is 43.9 Å². The molecule has 2 aromatic rings. The number of ether oxygens (including phenoxy) is 2. The van der Waals surface area contributed by atoms with E-state index in [9.17, 15) is 18.0 Å². The first-order valence-corrected chi connectivity index (χ1v) is 14.7. The summed E-state index contributed by atoms with van der Waals surface area (Å²) in [5.74, 6) is 0.272. The largest absolute Gasteiger partial charge is 0.486 e. The van der Waals surface area contributed by atoms with Crippen molar-refractivity contribution < 1.29 is 27.5 Å². The third-order valence-electron chi connectivity index (χ3n) is 6.34. The van der Waals surface area contributed by atoms with E-state index in [1.165, 1.54) is 11.8 Å². The molecule has 0 aromatic heterocycles. The van der Waals surface area contributed by atoms with Crippen molar-refractivity contribution in [2.45, 2.75) is 53.6 Å². The summed E-state index contributed by atoms with van der Waals surface area (Å²) in [7, 11) is -3.83. The molecule has 0 spiro atoms. The van der Waals surface area contributed by atoms with E-state index in [4.69, 9.17) is 9.47 Å². The second-order valence-corrected chi connectivity index (χ2v) is 12.0. The molecule has 2 amide bonds. The maximum absolute atomic E-state index is 13.9. The molecule has 0 bridgehead atoms. The highest BCUT2D eigenvalue weighted by Gasteiger charge is 2.33. The van der Waals surface area contributed by atoms with Crippen LogP contribution in [0.5, 0.6) is 11.5 Å². The van der Waals surface area contributed by atoms with E-state index in [-0.39, 0.29) is 24.1 Å². The minimum absolute atomic E-state index is 0.174. The van der Waals surface area contributed by atoms with Gasteiger partial charge in [0.15, 0.2) is 11.5 Å². The maximum Gasteiger partial charge on any atom is 0.244 e. The summed E-state index contributed by atoms with van der Waals surface area (Å²) >= 11 is 0. The van der Waals surface area contributed by atoms with E-state index < -0.39 is 28.5 Å². The topological polar surface area (TPSA) is 105 Å². The third kappa shape index (κ3) is 7.40. The molecule has 0 saturated carbocycles. The number of aryl methyl sites for hydroxylation is 1. The van der Waals surface area contributed by atoms with E-state index in [1.54, 1.807) is 18.2 Å². The lowest BCUT2D eigenvalue weighted by molar-refractivity contribution is -0.140. The number of rotatable bonds is 12. The fourth-order valence-corrected chi connectivity index (χ4v) is 5.19. The number of anilines is 1. The number of nitrogens with zero attached hydrogens (tertiary/aromatic N) is 2. The average molecular weight is 546 g/mol. The Morgan fingerprint density at radius 2 is 1.66 bits per heavy atom. The number of hydrogen-bond acceptors (Lipinski definition) is 6. The van der Waals surface area contributed by atoms with Gasteiger partial charge in [0, 0.05) is 19.2 Å². The fourth-order valence-electron chi connectivity index (χ4n) is 4.14. The zero-order valence-electron chi connectivity index (χ0n) is 22.9. The molecular formula is C28H39N3O6S. The van der Waals surface area contributed by atoms with Crippen molar-refractivity contribution in [1.29, 1.82) is 0 Å². The summed E-state index contributed by atoms with van der Waals surface area (Å²) in [6.07, 6.45) is 0.381. The minimum Gasteiger partial charge on any atom is -0.486 e. The zero-order chi connectivity index (χ0) is 27.9. The standard InChI is InChI=1S/C28H39N3O6S/c1-6-24(28(33)29-17-20(3)4)30(18-22-10-8-21(5)9-11-22)27(32)19-31(38(34,35)7-2)23-12-13-25-26(16-23)37-15-14-36-25/h8-13,16,20,24H,6-7,14-15,17-19H2,1-5H3,(H,29,33)/t24-/m0/s1. The average Bonchev–Trinajstić information content (AvgIpc) is 2.91. The molecule has 1 N–H and O–H groups in total. The first-order chi connectivity index (χ1) is 18.1. The number of carbonyl (C=O) groups is 2. The Morgan fingerprint density at radius 1 is 1.00 bits per heavy atom. The van der Waals surface area contributed by atoms with Gasteiger partial charge in [-0.1, -0.05) is 50.6 Å². The smallest absolute Gasteiger partial charge is 0.244 e.